The average Bonchev–Trinajstić information content (AvgIpc) is 2.48. The lowest BCUT2D eigenvalue weighted by Crippen LogP contribution is -2.35. The molecule has 104 valence electrons. The first-order chi connectivity index (χ1) is 9.69. The maximum atomic E-state index is 6.26. The van der Waals surface area contributed by atoms with Crippen LogP contribution in [0.5, 0.6) is 11.5 Å². The van der Waals surface area contributed by atoms with Gasteiger partial charge in [-0.2, -0.15) is 0 Å². The molecular weight excluding hydrogens is 297 g/mol. The fourth-order valence-corrected chi connectivity index (χ4v) is 2.56. The van der Waals surface area contributed by atoms with Crippen molar-refractivity contribution in [2.75, 3.05) is 13.2 Å². The largest absolute Gasteiger partial charge is 0.486 e. The number of nitrogens with two attached hydrogens (primary N) is 1. The summed E-state index contributed by atoms with van der Waals surface area (Å²) in [5.74, 6) is 1.36. The first kappa shape index (κ1) is 13.6. The summed E-state index contributed by atoms with van der Waals surface area (Å²) in [6, 6.07) is 11.0. The van der Waals surface area contributed by atoms with Gasteiger partial charge in [-0.05, 0) is 24.3 Å². The van der Waals surface area contributed by atoms with Gasteiger partial charge in [-0.25, -0.2) is 0 Å². The number of rotatable bonds is 2. The third-order valence-electron chi connectivity index (χ3n) is 3.17. The first-order valence-corrected chi connectivity index (χ1v) is 7.02. The van der Waals surface area contributed by atoms with Crippen molar-refractivity contribution < 1.29 is 9.47 Å². The molecule has 5 heteroatoms. The Morgan fingerprint density at radius 3 is 2.80 bits per heavy atom. The summed E-state index contributed by atoms with van der Waals surface area (Å²) >= 11 is 12.3. The van der Waals surface area contributed by atoms with Crippen LogP contribution >= 0.6 is 23.2 Å². The molecule has 0 saturated carbocycles. The molecule has 1 unspecified atom stereocenters. The monoisotopic (exact) mass is 309 g/mol. The molecule has 1 heterocycles. The molecular formula is C15H13Cl2NO2. The van der Waals surface area contributed by atoms with Crippen LogP contribution in [0.25, 0.3) is 11.1 Å². The summed E-state index contributed by atoms with van der Waals surface area (Å²) in [6.45, 7) is 0.854. The topological polar surface area (TPSA) is 44.5 Å². The van der Waals surface area contributed by atoms with Gasteiger partial charge in [-0.3, -0.25) is 0 Å². The molecule has 0 aromatic heterocycles. The van der Waals surface area contributed by atoms with Crippen LogP contribution in [0.3, 0.4) is 0 Å². The Hall–Kier alpha value is -1.42. The molecule has 20 heavy (non-hydrogen) atoms. The van der Waals surface area contributed by atoms with Crippen molar-refractivity contribution in [1.29, 1.82) is 0 Å². The average molecular weight is 310 g/mol. The summed E-state index contributed by atoms with van der Waals surface area (Å²) < 4.78 is 11.6. The van der Waals surface area contributed by atoms with Crippen molar-refractivity contribution in [3.63, 3.8) is 0 Å². The van der Waals surface area contributed by atoms with Gasteiger partial charge in [-0.1, -0.05) is 35.3 Å². The molecule has 0 radical (unpaired) electrons. The van der Waals surface area contributed by atoms with Crippen molar-refractivity contribution in [3.8, 4) is 22.6 Å². The zero-order valence-corrected chi connectivity index (χ0v) is 12.1. The maximum Gasteiger partial charge on any atom is 0.169 e. The van der Waals surface area contributed by atoms with Crippen molar-refractivity contribution in [1.82, 2.24) is 0 Å². The van der Waals surface area contributed by atoms with Gasteiger partial charge in [0, 0.05) is 27.7 Å². The van der Waals surface area contributed by atoms with E-state index in [4.69, 9.17) is 38.4 Å². The summed E-state index contributed by atoms with van der Waals surface area (Å²) in [5, 5.41) is 1.23. The number of halogens is 2. The molecule has 3 rings (SSSR count). The van der Waals surface area contributed by atoms with Gasteiger partial charge >= 0.3 is 0 Å². The van der Waals surface area contributed by atoms with E-state index in [0.717, 1.165) is 11.1 Å². The van der Waals surface area contributed by atoms with E-state index in [2.05, 4.69) is 0 Å². The Bertz CT molecular complexity index is 646. The molecule has 1 atom stereocenters. The van der Waals surface area contributed by atoms with Crippen LogP contribution in [-0.2, 0) is 0 Å². The molecule has 2 aromatic rings. The predicted molar refractivity (Wildman–Crippen MR) is 80.9 cm³/mol. The second-order valence-corrected chi connectivity index (χ2v) is 5.39. The highest BCUT2D eigenvalue weighted by molar-refractivity contribution is 6.35. The standard InChI is InChI=1S/C15H13Cl2NO2/c16-9-4-5-13(17)12(6-9)11-2-1-3-14-15(11)20-10(7-18)8-19-14/h1-6,10H,7-8,18H2. The van der Waals surface area contributed by atoms with Gasteiger partial charge in [0.05, 0.1) is 0 Å². The fourth-order valence-electron chi connectivity index (χ4n) is 2.17. The van der Waals surface area contributed by atoms with Crippen LogP contribution in [0, 0.1) is 0 Å². The summed E-state index contributed by atoms with van der Waals surface area (Å²) in [7, 11) is 0. The normalized spacial score (nSPS) is 17.1. The van der Waals surface area contributed by atoms with Crippen LogP contribution in [-0.4, -0.2) is 19.3 Å². The molecule has 2 N–H and O–H groups in total. The van der Waals surface area contributed by atoms with Crippen molar-refractivity contribution in [3.05, 3.63) is 46.4 Å². The zero-order chi connectivity index (χ0) is 14.1. The Balaban J connectivity index is 2.13. The van der Waals surface area contributed by atoms with E-state index in [1.165, 1.54) is 0 Å². The molecule has 0 bridgehead atoms. The van der Waals surface area contributed by atoms with E-state index in [0.29, 0.717) is 34.7 Å². The van der Waals surface area contributed by atoms with Gasteiger partial charge in [-0.15, -0.1) is 0 Å². The lowest BCUT2D eigenvalue weighted by atomic mass is 10.0. The quantitative estimate of drug-likeness (QED) is 0.918. The van der Waals surface area contributed by atoms with E-state index in [9.17, 15) is 0 Å². The lowest BCUT2D eigenvalue weighted by Gasteiger charge is -2.27. The molecule has 3 nitrogen and oxygen atoms in total. The van der Waals surface area contributed by atoms with Gasteiger partial charge in [0.2, 0.25) is 0 Å². The number of fused-ring (bicyclic) bond motifs is 1. The Kier molecular flexibility index (Phi) is 3.74. The smallest absolute Gasteiger partial charge is 0.169 e. The van der Waals surface area contributed by atoms with Crippen LogP contribution < -0.4 is 15.2 Å². The van der Waals surface area contributed by atoms with Gasteiger partial charge < -0.3 is 15.2 Å². The second kappa shape index (κ2) is 5.52. The molecule has 0 aliphatic carbocycles. The van der Waals surface area contributed by atoms with Crippen LogP contribution in [0.2, 0.25) is 10.0 Å². The zero-order valence-electron chi connectivity index (χ0n) is 10.6. The number of benzene rings is 2. The van der Waals surface area contributed by atoms with Crippen LogP contribution in [0.4, 0.5) is 0 Å². The van der Waals surface area contributed by atoms with Crippen molar-refractivity contribution in [2.24, 2.45) is 5.73 Å². The number of hydrogen-bond donors (Lipinski definition) is 1. The third-order valence-corrected chi connectivity index (χ3v) is 3.73. The molecule has 2 aromatic carbocycles. The summed E-state index contributed by atoms with van der Waals surface area (Å²) in [4.78, 5) is 0. The predicted octanol–water partition coefficient (Wildman–Crippen LogP) is 3.76. The molecule has 0 spiro atoms. The van der Waals surface area contributed by atoms with E-state index in [1.807, 2.05) is 24.3 Å². The van der Waals surface area contributed by atoms with Crippen LogP contribution in [0.1, 0.15) is 0 Å². The first-order valence-electron chi connectivity index (χ1n) is 6.27. The minimum atomic E-state index is -0.151. The highest BCUT2D eigenvalue weighted by Crippen LogP contribution is 2.43. The maximum absolute atomic E-state index is 6.26. The Morgan fingerprint density at radius 1 is 1.15 bits per heavy atom. The van der Waals surface area contributed by atoms with Crippen LogP contribution in [0.15, 0.2) is 36.4 Å². The fraction of sp³-hybridized carbons (Fsp3) is 0.200. The van der Waals surface area contributed by atoms with Gasteiger partial charge in [0.25, 0.3) is 0 Å². The lowest BCUT2D eigenvalue weighted by molar-refractivity contribution is 0.0976. The SMILES string of the molecule is NCC1COc2cccc(-c3cc(Cl)ccc3Cl)c2O1. The van der Waals surface area contributed by atoms with E-state index < -0.39 is 0 Å². The van der Waals surface area contributed by atoms with Gasteiger partial charge in [0.1, 0.15) is 12.7 Å². The van der Waals surface area contributed by atoms with E-state index >= 15 is 0 Å². The highest BCUT2D eigenvalue weighted by Gasteiger charge is 2.23. The minimum absolute atomic E-state index is 0.151. The summed E-state index contributed by atoms with van der Waals surface area (Å²) in [6.07, 6.45) is -0.151. The molecule has 0 fully saturated rings. The van der Waals surface area contributed by atoms with E-state index in [-0.39, 0.29) is 6.10 Å². The van der Waals surface area contributed by atoms with E-state index in [1.54, 1.807) is 12.1 Å². The Morgan fingerprint density at radius 2 is 2.00 bits per heavy atom. The van der Waals surface area contributed by atoms with Crippen molar-refractivity contribution >= 4 is 23.2 Å². The van der Waals surface area contributed by atoms with Crippen molar-refractivity contribution in [2.45, 2.75) is 6.10 Å². The third kappa shape index (κ3) is 2.44. The molecule has 0 saturated heterocycles. The summed E-state index contributed by atoms with van der Waals surface area (Å²) in [5.41, 5.74) is 7.32. The minimum Gasteiger partial charge on any atom is -0.486 e. The molecule has 1 aliphatic heterocycles. The highest BCUT2D eigenvalue weighted by atomic mass is 35.5. The molecule has 1 aliphatic rings. The van der Waals surface area contributed by atoms with Gasteiger partial charge in [0.15, 0.2) is 11.5 Å². The molecule has 0 amide bonds. The number of hydrogen-bond acceptors (Lipinski definition) is 3. The second-order valence-electron chi connectivity index (χ2n) is 4.54. The number of ether oxygens (including phenoxy) is 2. The Labute approximate surface area is 127 Å². The number of para-hydroxylation sites is 1.